The zero-order valence-corrected chi connectivity index (χ0v) is 24.4. The Morgan fingerprint density at radius 3 is 1.50 bits per heavy atom. The number of hydrogen-bond acceptors (Lipinski definition) is 5. The fourth-order valence-electron chi connectivity index (χ4n) is 5.73. The molecule has 6 rings (SSSR count). The molecule has 0 saturated carbocycles. The third-order valence-corrected chi connectivity index (χ3v) is 10.4. The lowest BCUT2D eigenvalue weighted by molar-refractivity contribution is -0.152. The van der Waals surface area contributed by atoms with Crippen LogP contribution in [0, 0.1) is 10.8 Å². The lowest BCUT2D eigenvalue weighted by Crippen LogP contribution is -2.69. The van der Waals surface area contributed by atoms with E-state index in [4.69, 9.17) is 0 Å². The first-order valence-corrected chi connectivity index (χ1v) is 14.8. The van der Waals surface area contributed by atoms with Crippen molar-refractivity contribution in [1.82, 2.24) is 9.80 Å². The standard InChI is InChI=1S/C27H22Br2N2O3S2/c1-26-11-30(23(32)21-7-15-3-5-17(28)9-19(15)35-21)13-27(2,25(26)34)14-31(12-26)24(33)22-8-16-4-6-18(29)10-20(16)36-22/h3-10H,11-14H2,1-2H3. The molecular formula is C27H22Br2N2O3S2. The van der Waals surface area contributed by atoms with E-state index in [0.29, 0.717) is 35.9 Å². The van der Waals surface area contributed by atoms with Crippen molar-refractivity contribution < 1.29 is 14.4 Å². The van der Waals surface area contributed by atoms with Crippen LogP contribution in [0.4, 0.5) is 0 Å². The topological polar surface area (TPSA) is 57.7 Å². The molecule has 0 N–H and O–H groups in total. The van der Waals surface area contributed by atoms with Gasteiger partial charge >= 0.3 is 0 Å². The molecule has 2 saturated heterocycles. The number of rotatable bonds is 2. The number of amides is 2. The molecule has 5 nitrogen and oxygen atoms in total. The van der Waals surface area contributed by atoms with Gasteiger partial charge in [-0.25, -0.2) is 0 Å². The number of ketones is 1. The van der Waals surface area contributed by atoms with Gasteiger partial charge in [-0.2, -0.15) is 0 Å². The smallest absolute Gasteiger partial charge is 0.264 e. The van der Waals surface area contributed by atoms with Crippen LogP contribution in [0.3, 0.4) is 0 Å². The van der Waals surface area contributed by atoms with Crippen molar-refractivity contribution >= 4 is 92.3 Å². The van der Waals surface area contributed by atoms with E-state index in [1.807, 2.05) is 72.2 Å². The van der Waals surface area contributed by atoms with Gasteiger partial charge < -0.3 is 9.80 Å². The molecule has 2 aromatic heterocycles. The fourth-order valence-corrected chi connectivity index (χ4v) is 8.90. The summed E-state index contributed by atoms with van der Waals surface area (Å²) >= 11 is 9.94. The van der Waals surface area contributed by atoms with E-state index in [1.165, 1.54) is 22.7 Å². The Morgan fingerprint density at radius 1 is 0.722 bits per heavy atom. The number of carbonyl (C=O) groups is 3. The number of benzene rings is 2. The van der Waals surface area contributed by atoms with E-state index in [1.54, 1.807) is 0 Å². The highest BCUT2D eigenvalue weighted by molar-refractivity contribution is 9.10. The van der Waals surface area contributed by atoms with Crippen LogP contribution in [0.25, 0.3) is 20.2 Å². The van der Waals surface area contributed by atoms with E-state index in [2.05, 4.69) is 31.9 Å². The number of nitrogens with zero attached hydrogens (tertiary/aromatic N) is 2. The molecule has 36 heavy (non-hydrogen) atoms. The average molecular weight is 646 g/mol. The van der Waals surface area contributed by atoms with Crippen LogP contribution in [-0.2, 0) is 4.79 Å². The maximum Gasteiger partial charge on any atom is 0.264 e. The Balaban J connectivity index is 1.28. The average Bonchev–Trinajstić information content (AvgIpc) is 3.43. The predicted octanol–water partition coefficient (Wildman–Crippen LogP) is 6.83. The van der Waals surface area contributed by atoms with E-state index in [9.17, 15) is 14.4 Å². The SMILES string of the molecule is CC12CN(C(=O)c3cc4ccc(Br)cc4s3)CC(C)(CN(C(=O)c3cc4ccc(Br)cc4s3)C1)C2=O. The minimum atomic E-state index is -0.810. The summed E-state index contributed by atoms with van der Waals surface area (Å²) in [7, 11) is 0. The van der Waals surface area contributed by atoms with Gasteiger partial charge in [0.15, 0.2) is 5.78 Å². The second kappa shape index (κ2) is 8.48. The van der Waals surface area contributed by atoms with Crippen LogP contribution in [0.15, 0.2) is 57.5 Å². The molecule has 4 aromatic rings. The second-order valence-corrected chi connectivity index (χ2v) is 14.4. The summed E-state index contributed by atoms with van der Waals surface area (Å²) in [6.07, 6.45) is 0. The first-order valence-electron chi connectivity index (χ1n) is 11.6. The molecule has 2 aliphatic heterocycles. The summed E-state index contributed by atoms with van der Waals surface area (Å²) in [4.78, 5) is 45.7. The van der Waals surface area contributed by atoms with Crippen LogP contribution in [0.5, 0.6) is 0 Å². The summed E-state index contributed by atoms with van der Waals surface area (Å²) in [6.45, 7) is 5.03. The lowest BCUT2D eigenvalue weighted by Gasteiger charge is -2.54. The van der Waals surface area contributed by atoms with Gasteiger partial charge in [0.2, 0.25) is 0 Å². The van der Waals surface area contributed by atoms with Gasteiger partial charge in [0.1, 0.15) is 0 Å². The molecule has 0 radical (unpaired) electrons. The number of carbonyl (C=O) groups excluding carboxylic acids is 3. The minimum absolute atomic E-state index is 0.0490. The molecule has 2 aliphatic rings. The molecule has 2 bridgehead atoms. The van der Waals surface area contributed by atoms with Crippen molar-refractivity contribution in [2.45, 2.75) is 13.8 Å². The highest BCUT2D eigenvalue weighted by atomic mass is 79.9. The molecule has 2 aromatic carbocycles. The van der Waals surface area contributed by atoms with Crippen LogP contribution >= 0.6 is 54.5 Å². The molecule has 0 atom stereocenters. The Morgan fingerprint density at radius 2 is 1.11 bits per heavy atom. The van der Waals surface area contributed by atoms with Crippen LogP contribution in [0.1, 0.15) is 33.2 Å². The van der Waals surface area contributed by atoms with Crippen LogP contribution in [0.2, 0.25) is 0 Å². The summed E-state index contributed by atoms with van der Waals surface area (Å²) in [5.41, 5.74) is -1.62. The molecule has 9 heteroatoms. The third kappa shape index (κ3) is 3.95. The van der Waals surface area contributed by atoms with Crippen molar-refractivity contribution in [3.63, 3.8) is 0 Å². The molecule has 0 unspecified atom stereocenters. The maximum atomic E-state index is 13.6. The normalized spacial score (nSPS) is 24.1. The molecule has 2 fully saturated rings. The number of piperidine rings is 2. The predicted molar refractivity (Wildman–Crippen MR) is 152 cm³/mol. The van der Waals surface area contributed by atoms with Gasteiger partial charge in [-0.1, -0.05) is 44.0 Å². The largest absolute Gasteiger partial charge is 0.336 e. The highest BCUT2D eigenvalue weighted by Gasteiger charge is 2.57. The zero-order valence-electron chi connectivity index (χ0n) is 19.6. The van der Waals surface area contributed by atoms with E-state index in [0.717, 1.165) is 29.1 Å². The number of halogens is 2. The van der Waals surface area contributed by atoms with Crippen molar-refractivity contribution in [3.05, 3.63) is 67.2 Å². The maximum absolute atomic E-state index is 13.6. The monoisotopic (exact) mass is 644 g/mol. The number of thiophene rings is 2. The van der Waals surface area contributed by atoms with Crippen molar-refractivity contribution in [2.75, 3.05) is 26.2 Å². The quantitative estimate of drug-likeness (QED) is 0.240. The fraction of sp³-hybridized carbons (Fsp3) is 0.296. The minimum Gasteiger partial charge on any atom is -0.336 e. The van der Waals surface area contributed by atoms with Crippen LogP contribution in [-0.4, -0.2) is 53.6 Å². The van der Waals surface area contributed by atoms with Crippen molar-refractivity contribution in [1.29, 1.82) is 0 Å². The number of likely N-dealkylation sites (tertiary alicyclic amines) is 2. The van der Waals surface area contributed by atoms with Gasteiger partial charge in [-0.3, -0.25) is 14.4 Å². The van der Waals surface area contributed by atoms with Crippen molar-refractivity contribution in [3.8, 4) is 0 Å². The molecular weight excluding hydrogens is 624 g/mol. The summed E-state index contributed by atoms with van der Waals surface area (Å²) in [5, 5.41) is 2.06. The number of Topliss-reactive ketones (excluding diaryl/α,β-unsaturated/α-hetero) is 1. The summed E-state index contributed by atoms with van der Waals surface area (Å²) in [6, 6.07) is 15.8. The zero-order chi connectivity index (χ0) is 25.4. The molecule has 184 valence electrons. The van der Waals surface area contributed by atoms with Crippen LogP contribution < -0.4 is 0 Å². The summed E-state index contributed by atoms with van der Waals surface area (Å²) in [5.74, 6) is 0.0444. The Bertz CT molecular complexity index is 1460. The Hall–Kier alpha value is -2.07. The first kappa shape index (κ1) is 24.3. The van der Waals surface area contributed by atoms with E-state index >= 15 is 0 Å². The lowest BCUT2D eigenvalue weighted by atomic mass is 9.64. The van der Waals surface area contributed by atoms with Gasteiger partial charge in [0.05, 0.1) is 20.6 Å². The third-order valence-electron chi connectivity index (χ3n) is 7.22. The first-order chi connectivity index (χ1) is 17.0. The van der Waals surface area contributed by atoms with Crippen molar-refractivity contribution in [2.24, 2.45) is 10.8 Å². The molecule has 0 aliphatic carbocycles. The van der Waals surface area contributed by atoms with E-state index < -0.39 is 10.8 Å². The van der Waals surface area contributed by atoms with Gasteiger partial charge in [0.25, 0.3) is 11.8 Å². The molecule has 4 heterocycles. The molecule has 0 spiro atoms. The second-order valence-electron chi connectivity index (χ2n) is 10.4. The number of fused-ring (bicyclic) bond motifs is 4. The highest BCUT2D eigenvalue weighted by Crippen LogP contribution is 2.44. The van der Waals surface area contributed by atoms with Gasteiger partial charge in [-0.15, -0.1) is 22.7 Å². The van der Waals surface area contributed by atoms with Gasteiger partial charge in [-0.05, 0) is 61.0 Å². The Labute approximate surface area is 233 Å². The molecule has 2 amide bonds. The number of hydrogen-bond donors (Lipinski definition) is 0. The Kier molecular flexibility index (Phi) is 5.72. The van der Waals surface area contributed by atoms with Gasteiger partial charge in [0, 0.05) is 44.5 Å². The van der Waals surface area contributed by atoms with E-state index in [-0.39, 0.29) is 17.6 Å². The summed E-state index contributed by atoms with van der Waals surface area (Å²) < 4.78 is 4.05.